The molecule has 0 aliphatic carbocycles. The molecule has 2 aromatic carbocycles. The van der Waals surface area contributed by atoms with Crippen LogP contribution in [0.25, 0.3) is 5.57 Å². The minimum absolute atomic E-state index is 0.194. The van der Waals surface area contributed by atoms with Crippen molar-refractivity contribution in [3.63, 3.8) is 0 Å². The molecular formula is C20H20ClNO4. The summed E-state index contributed by atoms with van der Waals surface area (Å²) in [6, 6.07) is 14.7. The van der Waals surface area contributed by atoms with Crippen molar-refractivity contribution in [3.05, 3.63) is 76.5 Å². The van der Waals surface area contributed by atoms with Crippen LogP contribution in [0.1, 0.15) is 23.6 Å². The monoisotopic (exact) mass is 373 g/mol. The van der Waals surface area contributed by atoms with E-state index in [1.54, 1.807) is 18.2 Å². The molecule has 0 bridgehead atoms. The first kappa shape index (κ1) is 19.5. The zero-order valence-corrected chi connectivity index (χ0v) is 15.6. The van der Waals surface area contributed by atoms with E-state index in [4.69, 9.17) is 25.9 Å². The largest absolute Gasteiger partial charge is 0.503 e. The van der Waals surface area contributed by atoms with Gasteiger partial charge < -0.3 is 14.3 Å². The molecule has 0 fully saturated rings. The van der Waals surface area contributed by atoms with E-state index in [1.807, 2.05) is 37.3 Å². The van der Waals surface area contributed by atoms with E-state index in [-0.39, 0.29) is 6.61 Å². The number of benzene rings is 2. The summed E-state index contributed by atoms with van der Waals surface area (Å²) in [5.74, 6) is -0.486. The van der Waals surface area contributed by atoms with Crippen molar-refractivity contribution in [2.24, 2.45) is 5.16 Å². The quantitative estimate of drug-likeness (QED) is 0.237. The van der Waals surface area contributed by atoms with Gasteiger partial charge in [-0.15, -0.1) is 0 Å². The highest BCUT2D eigenvalue weighted by molar-refractivity contribution is 6.30. The van der Waals surface area contributed by atoms with Gasteiger partial charge in [-0.2, -0.15) is 0 Å². The lowest BCUT2D eigenvalue weighted by molar-refractivity contribution is -0.133. The molecule has 0 aromatic heterocycles. The number of halogens is 1. The topological polar surface area (TPSA) is 57.1 Å². The number of hydrogen-bond donors (Lipinski definition) is 0. The van der Waals surface area contributed by atoms with Gasteiger partial charge >= 0.3 is 5.97 Å². The van der Waals surface area contributed by atoms with E-state index < -0.39 is 5.97 Å². The molecule has 0 atom stereocenters. The minimum atomic E-state index is -0.486. The fourth-order valence-electron chi connectivity index (χ4n) is 2.30. The molecular weight excluding hydrogens is 354 g/mol. The van der Waals surface area contributed by atoms with Crippen LogP contribution in [0.4, 0.5) is 0 Å². The number of esters is 1. The number of nitrogens with zero attached hydrogens (tertiary/aromatic N) is 1. The molecule has 2 rings (SSSR count). The second kappa shape index (κ2) is 9.63. The molecule has 0 aliphatic heterocycles. The van der Waals surface area contributed by atoms with Gasteiger partial charge in [0.05, 0.1) is 26.2 Å². The Bertz CT molecular complexity index is 813. The van der Waals surface area contributed by atoms with Gasteiger partial charge in [0.2, 0.25) is 0 Å². The summed E-state index contributed by atoms with van der Waals surface area (Å²) in [6.45, 7) is 2.04. The fourth-order valence-corrected chi connectivity index (χ4v) is 2.43. The van der Waals surface area contributed by atoms with Crippen LogP contribution in [-0.2, 0) is 25.7 Å². The fraction of sp³-hybridized carbons (Fsp3) is 0.200. The van der Waals surface area contributed by atoms with E-state index in [0.717, 1.165) is 16.8 Å². The molecule has 136 valence electrons. The first-order chi connectivity index (χ1) is 12.6. The van der Waals surface area contributed by atoms with Crippen LogP contribution >= 0.6 is 11.6 Å². The van der Waals surface area contributed by atoms with Crippen LogP contribution in [0.3, 0.4) is 0 Å². The van der Waals surface area contributed by atoms with Gasteiger partial charge in [0.25, 0.3) is 0 Å². The number of rotatable bonds is 7. The van der Waals surface area contributed by atoms with Crippen molar-refractivity contribution in [3.8, 4) is 0 Å². The summed E-state index contributed by atoms with van der Waals surface area (Å²) >= 11 is 5.89. The molecule has 0 spiro atoms. The molecule has 26 heavy (non-hydrogen) atoms. The Balaban J connectivity index is 2.17. The van der Waals surface area contributed by atoms with Gasteiger partial charge in [-0.1, -0.05) is 53.2 Å². The third-order valence-electron chi connectivity index (χ3n) is 3.63. The lowest BCUT2D eigenvalue weighted by Crippen LogP contribution is -2.07. The SMILES string of the molecule is CO/C=C(/C(=O)OC)c1ccccc1CO/N=C(\C)c1ccc(Cl)cc1. The number of hydrogen-bond acceptors (Lipinski definition) is 5. The zero-order chi connectivity index (χ0) is 18.9. The smallest absolute Gasteiger partial charge is 0.341 e. The zero-order valence-electron chi connectivity index (χ0n) is 14.9. The maximum Gasteiger partial charge on any atom is 0.341 e. The predicted octanol–water partition coefficient (Wildman–Crippen LogP) is 4.44. The van der Waals surface area contributed by atoms with Gasteiger partial charge in [0, 0.05) is 10.6 Å². The second-order valence-corrected chi connectivity index (χ2v) is 5.81. The molecule has 5 nitrogen and oxygen atoms in total. The van der Waals surface area contributed by atoms with E-state index in [2.05, 4.69) is 5.16 Å². The molecule has 0 saturated heterocycles. The summed E-state index contributed by atoms with van der Waals surface area (Å²) in [6.07, 6.45) is 1.35. The number of carbonyl (C=O) groups is 1. The highest BCUT2D eigenvalue weighted by Gasteiger charge is 2.16. The van der Waals surface area contributed by atoms with E-state index in [9.17, 15) is 4.79 Å². The Labute approximate surface area is 157 Å². The summed E-state index contributed by atoms with van der Waals surface area (Å²) in [4.78, 5) is 17.5. The average Bonchev–Trinajstić information content (AvgIpc) is 2.66. The third-order valence-corrected chi connectivity index (χ3v) is 3.88. The maximum absolute atomic E-state index is 12.0. The number of carbonyl (C=O) groups excluding carboxylic acids is 1. The highest BCUT2D eigenvalue weighted by Crippen LogP contribution is 2.22. The maximum atomic E-state index is 12.0. The molecule has 0 amide bonds. The van der Waals surface area contributed by atoms with E-state index >= 15 is 0 Å². The highest BCUT2D eigenvalue weighted by atomic mass is 35.5. The van der Waals surface area contributed by atoms with Crippen LogP contribution in [0.2, 0.25) is 5.02 Å². The second-order valence-electron chi connectivity index (χ2n) is 5.37. The molecule has 0 N–H and O–H groups in total. The van der Waals surface area contributed by atoms with Gasteiger partial charge in [0.15, 0.2) is 0 Å². The molecule has 2 aromatic rings. The summed E-state index contributed by atoms with van der Waals surface area (Å²) in [7, 11) is 2.80. The summed E-state index contributed by atoms with van der Waals surface area (Å²) in [5.41, 5.74) is 3.40. The van der Waals surface area contributed by atoms with Gasteiger partial charge in [0.1, 0.15) is 12.2 Å². The van der Waals surface area contributed by atoms with Gasteiger partial charge in [-0.3, -0.25) is 0 Å². The molecule has 0 radical (unpaired) electrons. The van der Waals surface area contributed by atoms with Crippen LogP contribution in [0.5, 0.6) is 0 Å². The number of methoxy groups -OCH3 is 2. The Morgan fingerprint density at radius 1 is 1.12 bits per heavy atom. The Morgan fingerprint density at radius 2 is 1.81 bits per heavy atom. The molecule has 0 unspecified atom stereocenters. The van der Waals surface area contributed by atoms with Crippen molar-refractivity contribution < 1.29 is 19.1 Å². The van der Waals surface area contributed by atoms with Crippen molar-refractivity contribution in [2.45, 2.75) is 13.5 Å². The predicted molar refractivity (Wildman–Crippen MR) is 102 cm³/mol. The normalized spacial score (nSPS) is 11.8. The first-order valence-electron chi connectivity index (χ1n) is 7.89. The van der Waals surface area contributed by atoms with E-state index in [1.165, 1.54) is 20.5 Å². The molecule has 6 heteroatoms. The number of ether oxygens (including phenoxy) is 2. The lowest BCUT2D eigenvalue weighted by Gasteiger charge is -2.11. The van der Waals surface area contributed by atoms with Crippen molar-refractivity contribution in [1.82, 2.24) is 0 Å². The molecule has 0 saturated carbocycles. The third kappa shape index (κ3) is 5.10. The standard InChI is InChI=1S/C20H20ClNO4/c1-14(15-8-10-17(21)11-9-15)22-26-12-16-6-4-5-7-18(16)19(13-24-2)20(23)25-3/h4-11,13H,12H2,1-3H3/b19-13+,22-14+. The summed E-state index contributed by atoms with van der Waals surface area (Å²) < 4.78 is 9.82. The lowest BCUT2D eigenvalue weighted by atomic mass is 10.0. The van der Waals surface area contributed by atoms with Crippen LogP contribution in [0, 0.1) is 0 Å². The Morgan fingerprint density at radius 3 is 2.46 bits per heavy atom. The van der Waals surface area contributed by atoms with Crippen LogP contribution in [0.15, 0.2) is 59.9 Å². The average molecular weight is 374 g/mol. The summed E-state index contributed by atoms with van der Waals surface area (Å²) in [5, 5.41) is 4.80. The van der Waals surface area contributed by atoms with Crippen molar-refractivity contribution in [2.75, 3.05) is 14.2 Å². The van der Waals surface area contributed by atoms with Crippen molar-refractivity contribution >= 4 is 28.9 Å². The first-order valence-corrected chi connectivity index (χ1v) is 8.26. The minimum Gasteiger partial charge on any atom is -0.503 e. The van der Waals surface area contributed by atoms with Gasteiger partial charge in [-0.25, -0.2) is 4.79 Å². The van der Waals surface area contributed by atoms with Crippen molar-refractivity contribution in [1.29, 1.82) is 0 Å². The Kier molecular flexibility index (Phi) is 7.24. The van der Waals surface area contributed by atoms with E-state index in [0.29, 0.717) is 16.2 Å². The van der Waals surface area contributed by atoms with Crippen LogP contribution < -0.4 is 0 Å². The molecule has 0 aliphatic rings. The van der Waals surface area contributed by atoms with Crippen LogP contribution in [-0.4, -0.2) is 25.9 Å². The number of oxime groups is 1. The molecule has 0 heterocycles. The van der Waals surface area contributed by atoms with Gasteiger partial charge in [-0.05, 0) is 30.2 Å². The Hall–Kier alpha value is -2.79.